The predicted molar refractivity (Wildman–Crippen MR) is 101 cm³/mol. The van der Waals surface area contributed by atoms with Gasteiger partial charge in [-0.15, -0.1) is 0 Å². The Bertz CT molecular complexity index is 690. The molecule has 7 heteroatoms. The fourth-order valence-electron chi connectivity index (χ4n) is 2.44. The fraction of sp³-hybridized carbons (Fsp3) is 0.611. The number of nitrogens with one attached hydrogen (secondary N) is 2. The zero-order chi connectivity index (χ0) is 19.3. The molecule has 0 fully saturated rings. The number of aryl methyl sites for hydroxylation is 1. The number of rotatable bonds is 8. The normalized spacial score (nSPS) is 12.4. The van der Waals surface area contributed by atoms with Gasteiger partial charge in [-0.2, -0.15) is 0 Å². The predicted octanol–water partition coefficient (Wildman–Crippen LogP) is 2.14. The average molecular weight is 370 g/mol. The first-order valence-corrected chi connectivity index (χ1v) is 10.1. The standard InChI is InChI=1S/C18H31N3O3S/c1-7-21(8-2)12-11-19-17(22)16-13-15(10-9-14(16)3)25(23,24)20-18(4,5)6/h9-10,13,20H,7-8,11-12H2,1-6H3,(H,19,22). The molecule has 0 spiro atoms. The van der Waals surface area contributed by atoms with Crippen molar-refractivity contribution < 1.29 is 13.2 Å². The highest BCUT2D eigenvalue weighted by Crippen LogP contribution is 2.17. The molecule has 1 aromatic rings. The maximum Gasteiger partial charge on any atom is 0.251 e. The van der Waals surface area contributed by atoms with E-state index in [1.165, 1.54) is 12.1 Å². The van der Waals surface area contributed by atoms with Crippen molar-refractivity contribution in [3.05, 3.63) is 29.3 Å². The second-order valence-corrected chi connectivity index (χ2v) is 8.80. The molecule has 0 saturated heterocycles. The minimum atomic E-state index is -3.67. The van der Waals surface area contributed by atoms with Gasteiger partial charge in [0.1, 0.15) is 0 Å². The molecule has 0 aliphatic rings. The van der Waals surface area contributed by atoms with E-state index in [-0.39, 0.29) is 10.8 Å². The summed E-state index contributed by atoms with van der Waals surface area (Å²) in [4.78, 5) is 14.8. The average Bonchev–Trinajstić information content (AvgIpc) is 2.49. The smallest absolute Gasteiger partial charge is 0.251 e. The van der Waals surface area contributed by atoms with Crippen LogP contribution in [0.4, 0.5) is 0 Å². The van der Waals surface area contributed by atoms with Crippen LogP contribution in [-0.4, -0.2) is 50.9 Å². The lowest BCUT2D eigenvalue weighted by Crippen LogP contribution is -2.40. The summed E-state index contributed by atoms with van der Waals surface area (Å²) in [6.07, 6.45) is 0. The number of carbonyl (C=O) groups is 1. The van der Waals surface area contributed by atoms with Crippen molar-refractivity contribution in [2.75, 3.05) is 26.2 Å². The lowest BCUT2D eigenvalue weighted by atomic mass is 10.1. The van der Waals surface area contributed by atoms with Gasteiger partial charge in [-0.1, -0.05) is 19.9 Å². The third-order valence-electron chi connectivity index (χ3n) is 3.81. The third kappa shape index (κ3) is 6.76. The first-order chi connectivity index (χ1) is 11.5. The summed E-state index contributed by atoms with van der Waals surface area (Å²) < 4.78 is 27.5. The van der Waals surface area contributed by atoms with Crippen LogP contribution in [-0.2, 0) is 10.0 Å². The lowest BCUT2D eigenvalue weighted by molar-refractivity contribution is 0.0948. The van der Waals surface area contributed by atoms with E-state index in [2.05, 4.69) is 28.8 Å². The minimum Gasteiger partial charge on any atom is -0.351 e. The second-order valence-electron chi connectivity index (χ2n) is 7.12. The van der Waals surface area contributed by atoms with Crippen LogP contribution < -0.4 is 10.0 Å². The molecule has 142 valence electrons. The van der Waals surface area contributed by atoms with E-state index >= 15 is 0 Å². The summed E-state index contributed by atoms with van der Waals surface area (Å²) in [5.41, 5.74) is 0.544. The van der Waals surface area contributed by atoms with E-state index in [1.807, 2.05) is 0 Å². The van der Waals surface area contributed by atoms with Gasteiger partial charge in [-0.3, -0.25) is 4.79 Å². The Hall–Kier alpha value is -1.44. The molecule has 1 amide bonds. The number of carbonyl (C=O) groups excluding carboxylic acids is 1. The highest BCUT2D eigenvalue weighted by Gasteiger charge is 2.23. The van der Waals surface area contributed by atoms with Crippen molar-refractivity contribution in [1.29, 1.82) is 0 Å². The molecule has 25 heavy (non-hydrogen) atoms. The molecule has 0 heterocycles. The Labute approximate surface area is 152 Å². The third-order valence-corrected chi connectivity index (χ3v) is 5.57. The number of likely N-dealkylation sites (N-methyl/N-ethyl adjacent to an activating group) is 1. The molecule has 6 nitrogen and oxygen atoms in total. The van der Waals surface area contributed by atoms with Crippen LogP contribution >= 0.6 is 0 Å². The first kappa shape index (κ1) is 21.6. The maximum absolute atomic E-state index is 12.5. The van der Waals surface area contributed by atoms with Crippen molar-refractivity contribution in [2.24, 2.45) is 0 Å². The van der Waals surface area contributed by atoms with Crippen LogP contribution in [0, 0.1) is 6.92 Å². The zero-order valence-electron chi connectivity index (χ0n) is 16.1. The van der Waals surface area contributed by atoms with Gasteiger partial charge in [0.15, 0.2) is 0 Å². The van der Waals surface area contributed by atoms with Gasteiger partial charge >= 0.3 is 0 Å². The van der Waals surface area contributed by atoms with E-state index in [0.29, 0.717) is 12.1 Å². The largest absolute Gasteiger partial charge is 0.351 e. The van der Waals surface area contributed by atoms with Crippen molar-refractivity contribution >= 4 is 15.9 Å². The monoisotopic (exact) mass is 369 g/mol. The topological polar surface area (TPSA) is 78.5 Å². The van der Waals surface area contributed by atoms with Gasteiger partial charge in [0, 0.05) is 24.2 Å². The van der Waals surface area contributed by atoms with Gasteiger partial charge in [0.25, 0.3) is 5.91 Å². The number of hydrogen-bond acceptors (Lipinski definition) is 4. The number of benzene rings is 1. The summed E-state index contributed by atoms with van der Waals surface area (Å²) in [5.74, 6) is -0.252. The molecule has 0 saturated carbocycles. The lowest BCUT2D eigenvalue weighted by Gasteiger charge is -2.21. The summed E-state index contributed by atoms with van der Waals surface area (Å²) in [6, 6.07) is 4.63. The number of nitrogens with zero attached hydrogens (tertiary/aromatic N) is 1. The number of amides is 1. The van der Waals surface area contributed by atoms with Gasteiger partial charge < -0.3 is 10.2 Å². The summed E-state index contributed by atoms with van der Waals surface area (Å²) in [5, 5.41) is 2.87. The van der Waals surface area contributed by atoms with Crippen molar-refractivity contribution in [2.45, 2.75) is 52.0 Å². The van der Waals surface area contributed by atoms with Crippen LogP contribution in [0.5, 0.6) is 0 Å². The van der Waals surface area contributed by atoms with Gasteiger partial charge in [0.05, 0.1) is 4.90 Å². The quantitative estimate of drug-likeness (QED) is 0.736. The highest BCUT2D eigenvalue weighted by atomic mass is 32.2. The van der Waals surface area contributed by atoms with Crippen LogP contribution in [0.3, 0.4) is 0 Å². The molecule has 0 aliphatic heterocycles. The van der Waals surface area contributed by atoms with E-state index in [1.54, 1.807) is 33.8 Å². The molecule has 0 aromatic heterocycles. The fourth-order valence-corrected chi connectivity index (χ4v) is 3.88. The summed E-state index contributed by atoms with van der Waals surface area (Å²) >= 11 is 0. The molecule has 1 aromatic carbocycles. The van der Waals surface area contributed by atoms with Crippen molar-refractivity contribution in [3.63, 3.8) is 0 Å². The Balaban J connectivity index is 2.92. The van der Waals surface area contributed by atoms with Crippen molar-refractivity contribution in [1.82, 2.24) is 14.9 Å². The van der Waals surface area contributed by atoms with E-state index in [9.17, 15) is 13.2 Å². The van der Waals surface area contributed by atoms with Crippen LogP contribution in [0.1, 0.15) is 50.5 Å². The Morgan fingerprint density at radius 1 is 1.16 bits per heavy atom. The molecule has 0 radical (unpaired) electrons. The molecular weight excluding hydrogens is 338 g/mol. The summed E-state index contributed by atoms with van der Waals surface area (Å²) in [7, 11) is -3.67. The van der Waals surface area contributed by atoms with Crippen LogP contribution in [0.2, 0.25) is 0 Å². The minimum absolute atomic E-state index is 0.0990. The molecular formula is C18H31N3O3S. The van der Waals surface area contributed by atoms with E-state index < -0.39 is 15.6 Å². The van der Waals surface area contributed by atoms with E-state index in [4.69, 9.17) is 0 Å². The molecule has 0 aliphatic carbocycles. The van der Waals surface area contributed by atoms with Crippen molar-refractivity contribution in [3.8, 4) is 0 Å². The maximum atomic E-state index is 12.5. The molecule has 0 bridgehead atoms. The molecule has 0 atom stereocenters. The molecule has 0 unspecified atom stereocenters. The SMILES string of the molecule is CCN(CC)CCNC(=O)c1cc(S(=O)(=O)NC(C)(C)C)ccc1C. The highest BCUT2D eigenvalue weighted by molar-refractivity contribution is 7.89. The number of hydrogen-bond donors (Lipinski definition) is 2. The summed E-state index contributed by atoms with van der Waals surface area (Å²) in [6.45, 7) is 14.4. The van der Waals surface area contributed by atoms with Gasteiger partial charge in [-0.25, -0.2) is 13.1 Å². The van der Waals surface area contributed by atoms with Crippen LogP contribution in [0.15, 0.2) is 23.1 Å². The first-order valence-electron chi connectivity index (χ1n) is 8.65. The number of sulfonamides is 1. The van der Waals surface area contributed by atoms with Gasteiger partial charge in [0.2, 0.25) is 10.0 Å². The Morgan fingerprint density at radius 2 is 1.76 bits per heavy atom. The molecule has 1 rings (SSSR count). The Morgan fingerprint density at radius 3 is 2.28 bits per heavy atom. The van der Waals surface area contributed by atoms with Gasteiger partial charge in [-0.05, 0) is 58.5 Å². The van der Waals surface area contributed by atoms with E-state index in [0.717, 1.165) is 25.2 Å². The zero-order valence-corrected chi connectivity index (χ0v) is 17.0. The van der Waals surface area contributed by atoms with Crippen LogP contribution in [0.25, 0.3) is 0 Å². The molecule has 2 N–H and O–H groups in total. The Kier molecular flexibility index (Phi) is 7.59. The second kappa shape index (κ2) is 8.78.